The molecule has 1 unspecified atom stereocenters. The second-order valence-electron chi connectivity index (χ2n) is 5.34. The second kappa shape index (κ2) is 8.04. The Hall–Kier alpha value is -1.38. The van der Waals surface area contributed by atoms with Crippen molar-refractivity contribution in [2.45, 2.75) is 22.2 Å². The van der Waals surface area contributed by atoms with E-state index in [-0.39, 0.29) is 14.5 Å². The number of non-ortho nitro benzene ring substituents is 1. The minimum Gasteiger partial charge on any atom is -0.606 e. The molecule has 0 saturated heterocycles. The summed E-state index contributed by atoms with van der Waals surface area (Å²) < 4.78 is 104. The van der Waals surface area contributed by atoms with E-state index in [0.717, 1.165) is 24.3 Å². The van der Waals surface area contributed by atoms with E-state index in [4.69, 9.17) is 0 Å². The van der Waals surface area contributed by atoms with Crippen LogP contribution in [-0.4, -0.2) is 26.8 Å². The maximum atomic E-state index is 14.0. The number of benzene rings is 2. The molecule has 0 spiro atoms. The molecule has 0 N–H and O–H groups in total. The van der Waals surface area contributed by atoms with Gasteiger partial charge in [0.05, 0.1) is 21.7 Å². The third kappa shape index (κ3) is 4.39. The van der Waals surface area contributed by atoms with Crippen molar-refractivity contribution in [2.75, 3.05) is 0 Å². The Labute approximate surface area is 177 Å². The van der Waals surface area contributed by atoms with Crippen molar-refractivity contribution < 1.29 is 40.2 Å². The molecule has 0 aliphatic rings. The summed E-state index contributed by atoms with van der Waals surface area (Å²) in [6.07, 6.45) is -6.67. The van der Waals surface area contributed by atoms with Crippen molar-refractivity contribution in [3.8, 4) is 11.1 Å². The van der Waals surface area contributed by atoms with Gasteiger partial charge in [0, 0.05) is 33.2 Å². The Morgan fingerprint density at radius 1 is 1.03 bits per heavy atom. The number of halogens is 9. The molecule has 0 aliphatic heterocycles. The number of nitro benzene ring substituents is 1. The third-order valence-corrected chi connectivity index (χ3v) is 5.92. The molecule has 2 rings (SSSR count). The fraction of sp³-hybridized carbons (Fsp3) is 0.200. The van der Waals surface area contributed by atoms with Crippen LogP contribution >= 0.6 is 31.9 Å². The normalized spacial score (nSPS) is 14.0. The van der Waals surface area contributed by atoms with E-state index in [2.05, 4.69) is 37.9 Å². The van der Waals surface area contributed by atoms with Crippen LogP contribution in [0.15, 0.2) is 44.2 Å². The van der Waals surface area contributed by atoms with Crippen LogP contribution in [0.25, 0.3) is 11.1 Å². The molecule has 29 heavy (non-hydrogen) atoms. The van der Waals surface area contributed by atoms with Crippen molar-refractivity contribution in [3.63, 3.8) is 0 Å². The number of hydrogen-bond donors (Lipinski definition) is 0. The van der Waals surface area contributed by atoms with Gasteiger partial charge in [0.25, 0.3) is 5.69 Å². The van der Waals surface area contributed by atoms with Crippen LogP contribution in [0.5, 0.6) is 0 Å². The predicted molar refractivity (Wildman–Crippen MR) is 95.1 cm³/mol. The number of nitrogens with zero attached hydrogens (tertiary/aromatic N) is 1. The van der Waals surface area contributed by atoms with Crippen molar-refractivity contribution in [2.24, 2.45) is 0 Å². The molecule has 0 heterocycles. The molecule has 157 valence electrons. The molecule has 2 aromatic rings. The lowest BCUT2D eigenvalue weighted by molar-refractivity contribution is -0.384. The molecule has 1 atom stereocenters. The molecule has 4 nitrogen and oxygen atoms in total. The minimum atomic E-state index is -6.67. The predicted octanol–water partition coefficient (Wildman–Crippen LogP) is 6.48. The Morgan fingerprint density at radius 2 is 1.62 bits per heavy atom. The Balaban J connectivity index is 2.74. The first kappa shape index (κ1) is 23.9. The molecular formula is C15H5Br2F7NO3S. The van der Waals surface area contributed by atoms with Crippen molar-refractivity contribution in [1.29, 1.82) is 0 Å². The molecule has 0 aliphatic carbocycles. The molecule has 0 fully saturated rings. The SMILES string of the molecule is O=[N+]([O-])c1cccc(-c2c(Br)[c]c(Br)cc2[S+]([O-])C(F)(F)C(F)(F)C(F)(F)F)c1. The van der Waals surface area contributed by atoms with E-state index >= 15 is 0 Å². The summed E-state index contributed by atoms with van der Waals surface area (Å²) in [6.45, 7) is 0. The van der Waals surface area contributed by atoms with Crippen LogP contribution in [0.1, 0.15) is 0 Å². The summed E-state index contributed by atoms with van der Waals surface area (Å²) in [4.78, 5) is 8.96. The van der Waals surface area contributed by atoms with Crippen LogP contribution in [0, 0.1) is 16.2 Å². The minimum absolute atomic E-state index is 0.187. The number of alkyl halides is 7. The molecule has 1 radical (unpaired) electrons. The topological polar surface area (TPSA) is 66.2 Å². The highest BCUT2D eigenvalue weighted by molar-refractivity contribution is 9.11. The van der Waals surface area contributed by atoms with E-state index in [0.29, 0.717) is 6.07 Å². The zero-order valence-corrected chi connectivity index (χ0v) is 17.4. The van der Waals surface area contributed by atoms with Gasteiger partial charge in [-0.3, -0.25) is 10.1 Å². The average Bonchev–Trinajstić information content (AvgIpc) is 2.59. The molecule has 14 heteroatoms. The van der Waals surface area contributed by atoms with Gasteiger partial charge in [-0.1, -0.05) is 12.1 Å². The smallest absolute Gasteiger partial charge is 0.486 e. The summed E-state index contributed by atoms with van der Waals surface area (Å²) in [5.74, 6) is -6.61. The first-order valence-electron chi connectivity index (χ1n) is 7.01. The number of hydrogen-bond acceptors (Lipinski definition) is 3. The summed E-state index contributed by atoms with van der Waals surface area (Å²) in [5.41, 5.74) is -1.28. The second-order valence-corrected chi connectivity index (χ2v) is 8.47. The van der Waals surface area contributed by atoms with Gasteiger partial charge >= 0.3 is 17.4 Å². The van der Waals surface area contributed by atoms with Gasteiger partial charge in [-0.2, -0.15) is 22.0 Å². The Kier molecular flexibility index (Phi) is 6.62. The van der Waals surface area contributed by atoms with Crippen LogP contribution < -0.4 is 0 Å². The van der Waals surface area contributed by atoms with Gasteiger partial charge in [0.15, 0.2) is 4.90 Å². The lowest BCUT2D eigenvalue weighted by Gasteiger charge is -2.29. The molecule has 2 aromatic carbocycles. The monoisotopic (exact) mass is 570 g/mol. The fourth-order valence-electron chi connectivity index (χ4n) is 2.11. The van der Waals surface area contributed by atoms with Gasteiger partial charge < -0.3 is 4.55 Å². The van der Waals surface area contributed by atoms with Crippen molar-refractivity contribution >= 4 is 48.7 Å². The highest BCUT2D eigenvalue weighted by Crippen LogP contribution is 2.52. The van der Waals surface area contributed by atoms with E-state index in [1.807, 2.05) is 0 Å². The fourth-order valence-corrected chi connectivity index (χ4v) is 5.00. The lowest BCUT2D eigenvalue weighted by Crippen LogP contribution is -2.56. The molecule has 0 amide bonds. The van der Waals surface area contributed by atoms with Crippen LogP contribution in [0.3, 0.4) is 0 Å². The zero-order valence-electron chi connectivity index (χ0n) is 13.4. The Morgan fingerprint density at radius 3 is 2.14 bits per heavy atom. The maximum absolute atomic E-state index is 14.0. The van der Waals surface area contributed by atoms with Gasteiger partial charge in [-0.15, -0.1) is 8.78 Å². The zero-order chi connectivity index (χ0) is 22.4. The van der Waals surface area contributed by atoms with Crippen LogP contribution in [0.2, 0.25) is 0 Å². The first-order chi connectivity index (χ1) is 13.1. The summed E-state index contributed by atoms with van der Waals surface area (Å²) >= 11 is 1.46. The Bertz CT molecular complexity index is 956. The number of nitro groups is 1. The molecule has 0 bridgehead atoms. The van der Waals surface area contributed by atoms with E-state index in [9.17, 15) is 45.4 Å². The van der Waals surface area contributed by atoms with E-state index < -0.39 is 49.6 Å². The van der Waals surface area contributed by atoms with Gasteiger partial charge in [0.2, 0.25) is 0 Å². The highest BCUT2D eigenvalue weighted by atomic mass is 79.9. The maximum Gasteiger partial charge on any atom is 0.486 e. The summed E-state index contributed by atoms with van der Waals surface area (Å²) in [5, 5.41) is 4.88. The quantitative estimate of drug-likeness (QED) is 0.178. The molecule has 0 saturated carbocycles. The first-order valence-corrected chi connectivity index (χ1v) is 9.75. The van der Waals surface area contributed by atoms with Crippen molar-refractivity contribution in [3.05, 3.63) is 55.5 Å². The average molecular weight is 572 g/mol. The largest absolute Gasteiger partial charge is 0.606 e. The number of rotatable bonds is 5. The lowest BCUT2D eigenvalue weighted by atomic mass is 10.1. The summed E-state index contributed by atoms with van der Waals surface area (Å²) in [6, 6.07) is 7.23. The van der Waals surface area contributed by atoms with Gasteiger partial charge in [-0.05, 0) is 37.4 Å². The van der Waals surface area contributed by atoms with E-state index in [1.165, 1.54) is 0 Å². The molecule has 0 aromatic heterocycles. The van der Waals surface area contributed by atoms with Gasteiger partial charge in [-0.25, -0.2) is 0 Å². The molecular weight excluding hydrogens is 567 g/mol. The van der Waals surface area contributed by atoms with Crippen molar-refractivity contribution in [1.82, 2.24) is 0 Å². The van der Waals surface area contributed by atoms with E-state index in [1.54, 1.807) is 0 Å². The summed E-state index contributed by atoms with van der Waals surface area (Å²) in [7, 11) is 0. The standard InChI is InChI=1S/C15H5Br2F7NO3S/c16-8-5-10(17)12(7-2-1-3-9(4-7)25(26)27)11(6-8)29(28)15(23,24)13(18,19)14(20,21)22/h1-4,6H. The van der Waals surface area contributed by atoms with Gasteiger partial charge in [0.1, 0.15) is 0 Å². The third-order valence-electron chi connectivity index (χ3n) is 3.45. The van der Waals surface area contributed by atoms with Crippen LogP contribution in [-0.2, 0) is 11.2 Å². The highest BCUT2D eigenvalue weighted by Gasteiger charge is 2.80. The van der Waals surface area contributed by atoms with Crippen LogP contribution in [0.4, 0.5) is 36.4 Å².